The average molecular weight is 290 g/mol. The summed E-state index contributed by atoms with van der Waals surface area (Å²) < 4.78 is 26.7. The number of nitrogens with two attached hydrogens (primary N) is 1. The summed E-state index contributed by atoms with van der Waals surface area (Å²) in [4.78, 5) is 4.13. The summed E-state index contributed by atoms with van der Waals surface area (Å²) in [6.45, 7) is 1.65. The molecule has 0 aliphatic heterocycles. The fourth-order valence-corrected chi connectivity index (χ4v) is 3.09. The molecule has 0 saturated heterocycles. The molecule has 0 saturated carbocycles. The van der Waals surface area contributed by atoms with Crippen molar-refractivity contribution in [2.45, 2.75) is 18.6 Å². The van der Waals surface area contributed by atoms with Crippen molar-refractivity contribution in [3.63, 3.8) is 0 Å². The monoisotopic (exact) mass is 290 g/mol. The van der Waals surface area contributed by atoms with Gasteiger partial charge in [-0.3, -0.25) is 9.71 Å². The van der Waals surface area contributed by atoms with Crippen molar-refractivity contribution in [2.24, 2.45) is 0 Å². The van der Waals surface area contributed by atoms with Crippen LogP contribution >= 0.6 is 0 Å². The molecule has 1 aromatic heterocycles. The van der Waals surface area contributed by atoms with E-state index in [0.717, 1.165) is 0 Å². The van der Waals surface area contributed by atoms with Gasteiger partial charge in [0.05, 0.1) is 23.0 Å². The van der Waals surface area contributed by atoms with E-state index in [0.29, 0.717) is 22.3 Å². The molecular weight excluding hydrogens is 276 g/mol. The molecule has 6 nitrogen and oxygen atoms in total. The van der Waals surface area contributed by atoms with Crippen molar-refractivity contribution in [2.75, 3.05) is 10.5 Å². The van der Waals surface area contributed by atoms with Crippen LogP contribution in [-0.4, -0.2) is 18.7 Å². The van der Waals surface area contributed by atoms with Crippen LogP contribution in [0.2, 0.25) is 0 Å². The van der Waals surface area contributed by atoms with Crippen LogP contribution in [0.1, 0.15) is 13.3 Å². The molecule has 0 amide bonds. The first-order chi connectivity index (χ1) is 9.49. The van der Waals surface area contributed by atoms with Gasteiger partial charge in [0.15, 0.2) is 5.25 Å². The summed E-state index contributed by atoms with van der Waals surface area (Å²) in [6.07, 6.45) is 1.80. The minimum Gasteiger partial charge on any atom is -0.397 e. The lowest BCUT2D eigenvalue weighted by atomic mass is 10.1. The van der Waals surface area contributed by atoms with Crippen LogP contribution in [0.3, 0.4) is 0 Å². The molecule has 104 valence electrons. The van der Waals surface area contributed by atoms with Gasteiger partial charge in [0.25, 0.3) is 0 Å². The molecule has 0 aliphatic carbocycles. The van der Waals surface area contributed by atoms with Crippen molar-refractivity contribution in [3.05, 3.63) is 30.5 Å². The van der Waals surface area contributed by atoms with Crippen molar-refractivity contribution in [3.8, 4) is 6.07 Å². The fraction of sp³-hybridized carbons (Fsp3) is 0.231. The Morgan fingerprint density at radius 2 is 2.20 bits per heavy atom. The smallest absolute Gasteiger partial charge is 0.249 e. The SMILES string of the molecule is CCC(C#N)S(=O)(=O)Nc1ccc(N)c2ncccc12. The number of fused-ring (bicyclic) bond motifs is 1. The summed E-state index contributed by atoms with van der Waals surface area (Å²) in [5.41, 5.74) is 7.17. The highest BCUT2D eigenvalue weighted by molar-refractivity contribution is 7.93. The first-order valence-corrected chi connectivity index (χ1v) is 7.58. The molecule has 0 radical (unpaired) electrons. The van der Waals surface area contributed by atoms with Gasteiger partial charge in [-0.1, -0.05) is 6.92 Å². The molecule has 2 aromatic rings. The van der Waals surface area contributed by atoms with Crippen LogP contribution in [0.15, 0.2) is 30.5 Å². The van der Waals surface area contributed by atoms with Crippen molar-refractivity contribution >= 4 is 32.3 Å². The molecule has 3 N–H and O–H groups in total. The molecular formula is C13H14N4O2S. The van der Waals surface area contributed by atoms with Crippen LogP contribution in [0.5, 0.6) is 0 Å². The number of anilines is 2. The number of aromatic nitrogens is 1. The van der Waals surface area contributed by atoms with Gasteiger partial charge in [0.2, 0.25) is 10.0 Å². The van der Waals surface area contributed by atoms with Gasteiger partial charge in [-0.2, -0.15) is 5.26 Å². The Morgan fingerprint density at radius 3 is 2.85 bits per heavy atom. The maximum atomic E-state index is 12.1. The highest BCUT2D eigenvalue weighted by Gasteiger charge is 2.24. The van der Waals surface area contributed by atoms with Crippen LogP contribution in [-0.2, 0) is 10.0 Å². The molecule has 1 heterocycles. The molecule has 0 fully saturated rings. The zero-order chi connectivity index (χ0) is 14.8. The summed E-state index contributed by atoms with van der Waals surface area (Å²) in [6, 6.07) is 8.36. The Labute approximate surface area is 117 Å². The van der Waals surface area contributed by atoms with Crippen molar-refractivity contribution < 1.29 is 8.42 Å². The van der Waals surface area contributed by atoms with E-state index in [1.165, 1.54) is 0 Å². The lowest BCUT2D eigenvalue weighted by molar-refractivity contribution is 0.593. The van der Waals surface area contributed by atoms with E-state index in [9.17, 15) is 8.42 Å². The number of hydrogen-bond donors (Lipinski definition) is 2. The van der Waals surface area contributed by atoms with E-state index in [2.05, 4.69) is 9.71 Å². The highest BCUT2D eigenvalue weighted by Crippen LogP contribution is 2.27. The number of sulfonamides is 1. The number of rotatable bonds is 4. The van der Waals surface area contributed by atoms with E-state index in [4.69, 9.17) is 11.0 Å². The van der Waals surface area contributed by atoms with Crippen molar-refractivity contribution in [1.29, 1.82) is 5.26 Å². The number of pyridine rings is 1. The predicted molar refractivity (Wildman–Crippen MR) is 78.4 cm³/mol. The van der Waals surface area contributed by atoms with Gasteiger partial charge in [-0.25, -0.2) is 8.42 Å². The van der Waals surface area contributed by atoms with Gasteiger partial charge in [0.1, 0.15) is 0 Å². The zero-order valence-electron chi connectivity index (χ0n) is 10.9. The second-order valence-corrected chi connectivity index (χ2v) is 6.14. The minimum absolute atomic E-state index is 0.219. The molecule has 0 aliphatic rings. The Morgan fingerprint density at radius 1 is 1.45 bits per heavy atom. The molecule has 20 heavy (non-hydrogen) atoms. The second kappa shape index (κ2) is 5.35. The van der Waals surface area contributed by atoms with E-state index >= 15 is 0 Å². The number of nitrogen functional groups attached to an aromatic ring is 1. The Balaban J connectivity index is 2.51. The Kier molecular flexibility index (Phi) is 3.77. The predicted octanol–water partition coefficient (Wildman–Crippen LogP) is 1.86. The number of nitrogens with one attached hydrogen (secondary N) is 1. The van der Waals surface area contributed by atoms with E-state index in [-0.39, 0.29) is 6.42 Å². The Bertz CT molecular complexity index is 781. The molecule has 1 atom stereocenters. The van der Waals surface area contributed by atoms with Crippen LogP contribution in [0.25, 0.3) is 10.9 Å². The molecule has 0 bridgehead atoms. The first-order valence-electron chi connectivity index (χ1n) is 6.04. The number of nitriles is 1. The molecule has 1 aromatic carbocycles. The largest absolute Gasteiger partial charge is 0.397 e. The third-order valence-electron chi connectivity index (χ3n) is 2.94. The second-order valence-electron chi connectivity index (χ2n) is 4.27. The Hall–Kier alpha value is -2.33. The zero-order valence-corrected chi connectivity index (χ0v) is 11.7. The highest BCUT2D eigenvalue weighted by atomic mass is 32.2. The third kappa shape index (κ3) is 2.51. The lowest BCUT2D eigenvalue weighted by Crippen LogP contribution is -2.26. The number of hydrogen-bond acceptors (Lipinski definition) is 5. The molecule has 1 unspecified atom stereocenters. The van der Waals surface area contributed by atoms with E-state index in [1.807, 2.05) is 0 Å². The first kappa shape index (κ1) is 14.1. The van der Waals surface area contributed by atoms with Crippen molar-refractivity contribution in [1.82, 2.24) is 4.98 Å². The standard InChI is InChI=1S/C13H14N4O2S/c1-2-9(8-14)20(18,19)17-12-6-5-11(15)13-10(12)4-3-7-16-13/h3-7,9,17H,2,15H2,1H3. The maximum absolute atomic E-state index is 12.1. The van der Waals surface area contributed by atoms with Gasteiger partial charge in [-0.15, -0.1) is 0 Å². The number of benzene rings is 1. The average Bonchev–Trinajstić information content (AvgIpc) is 2.43. The fourth-order valence-electron chi connectivity index (χ4n) is 1.89. The minimum atomic E-state index is -3.76. The summed E-state index contributed by atoms with van der Waals surface area (Å²) in [5.74, 6) is 0. The molecule has 0 spiro atoms. The van der Waals surface area contributed by atoms with Gasteiger partial charge in [0, 0.05) is 11.6 Å². The van der Waals surface area contributed by atoms with Crippen LogP contribution in [0.4, 0.5) is 11.4 Å². The van der Waals surface area contributed by atoms with Gasteiger partial charge < -0.3 is 5.73 Å². The van der Waals surface area contributed by atoms with Crippen LogP contribution in [0, 0.1) is 11.3 Å². The van der Waals surface area contributed by atoms with Gasteiger partial charge >= 0.3 is 0 Å². The molecule has 2 rings (SSSR count). The third-order valence-corrected chi connectivity index (χ3v) is 4.63. The van der Waals surface area contributed by atoms with E-state index < -0.39 is 15.3 Å². The maximum Gasteiger partial charge on any atom is 0.249 e. The number of nitrogens with zero attached hydrogens (tertiary/aromatic N) is 2. The topological polar surface area (TPSA) is 109 Å². The molecule has 7 heteroatoms. The normalized spacial score (nSPS) is 12.8. The lowest BCUT2D eigenvalue weighted by Gasteiger charge is -2.13. The van der Waals surface area contributed by atoms with Crippen LogP contribution < -0.4 is 10.5 Å². The quantitative estimate of drug-likeness (QED) is 0.835. The summed E-state index contributed by atoms with van der Waals surface area (Å²) >= 11 is 0. The summed E-state index contributed by atoms with van der Waals surface area (Å²) in [5, 5.41) is 8.41. The van der Waals surface area contributed by atoms with Gasteiger partial charge in [-0.05, 0) is 30.7 Å². The summed E-state index contributed by atoms with van der Waals surface area (Å²) in [7, 11) is -3.76. The van der Waals surface area contributed by atoms with E-state index in [1.54, 1.807) is 43.5 Å².